The number of alkyl halides is 3. The molecule has 3 aromatic rings. The molecule has 0 unspecified atom stereocenters. The Morgan fingerprint density at radius 2 is 1.81 bits per heavy atom. The molecule has 1 aliphatic heterocycles. The van der Waals surface area contributed by atoms with Gasteiger partial charge in [-0.3, -0.25) is 9.78 Å². The molecule has 4 rings (SSSR count). The molecule has 2 aromatic carbocycles. The summed E-state index contributed by atoms with van der Waals surface area (Å²) in [6, 6.07) is 9.25. The van der Waals surface area contributed by atoms with Crippen LogP contribution in [0.3, 0.4) is 0 Å². The van der Waals surface area contributed by atoms with Crippen LogP contribution in [0.25, 0.3) is 0 Å². The van der Waals surface area contributed by atoms with Gasteiger partial charge < -0.3 is 19.5 Å². The number of amides is 1. The number of aryl methyl sites for hydroxylation is 2. The molecule has 0 bridgehead atoms. The first kappa shape index (κ1) is 25.9. The number of nitrogens with zero attached hydrogens (tertiary/aromatic N) is 1. The molecule has 0 radical (unpaired) electrons. The third-order valence-electron chi connectivity index (χ3n) is 6.07. The van der Waals surface area contributed by atoms with Gasteiger partial charge in [-0.1, -0.05) is 6.07 Å². The third kappa shape index (κ3) is 5.07. The van der Waals surface area contributed by atoms with Crippen molar-refractivity contribution in [2.45, 2.75) is 32.2 Å². The maximum Gasteiger partial charge on any atom is 0.573 e. The average Bonchev–Trinajstić information content (AvgIpc) is 2.84. The van der Waals surface area contributed by atoms with Gasteiger partial charge >= 0.3 is 12.3 Å². The second-order valence-electron chi connectivity index (χ2n) is 8.48. The number of halogens is 4. The number of nitrogens with one attached hydrogen (secondary N) is 1. The Balaban J connectivity index is 1.80. The lowest BCUT2D eigenvalue weighted by atomic mass is 9.81. The molecule has 11 heteroatoms. The van der Waals surface area contributed by atoms with Crippen LogP contribution in [0.15, 0.2) is 48.7 Å². The molecular formula is C26H22F4N2O5. The third-order valence-corrected chi connectivity index (χ3v) is 6.07. The molecule has 0 spiro atoms. The molecule has 1 amide bonds. The predicted molar refractivity (Wildman–Crippen MR) is 123 cm³/mol. The van der Waals surface area contributed by atoms with Crippen LogP contribution in [0.5, 0.6) is 11.5 Å². The fraction of sp³-hybridized carbons (Fsp3) is 0.269. The highest BCUT2D eigenvalue weighted by molar-refractivity contribution is 5.99. The zero-order chi connectivity index (χ0) is 27.0. The fourth-order valence-corrected chi connectivity index (χ4v) is 4.49. The molecule has 1 aliphatic rings. The summed E-state index contributed by atoms with van der Waals surface area (Å²) >= 11 is 0. The van der Waals surface area contributed by atoms with Gasteiger partial charge in [-0.15, -0.1) is 13.2 Å². The van der Waals surface area contributed by atoms with Crippen molar-refractivity contribution in [3.05, 3.63) is 88.0 Å². The van der Waals surface area contributed by atoms with Crippen molar-refractivity contribution in [1.29, 1.82) is 0 Å². The van der Waals surface area contributed by atoms with Gasteiger partial charge in [-0.2, -0.15) is 0 Å². The van der Waals surface area contributed by atoms with Crippen molar-refractivity contribution in [3.8, 4) is 11.5 Å². The van der Waals surface area contributed by atoms with E-state index in [-0.39, 0.29) is 29.8 Å². The van der Waals surface area contributed by atoms with Gasteiger partial charge in [0.1, 0.15) is 17.0 Å². The standard InChI is InChI=1S/C26H22F4N2O5/c1-14-11-16(12-15(2)21(14)24(34)35-3)23(33)32-25(8-10-36-20-5-4-9-31-22(20)25)17-6-7-19(18(27)13-17)37-26(28,29)30/h4-7,9,11-13H,8,10H2,1-3H3,(H,32,33)/t25-/m0/s1. The van der Waals surface area contributed by atoms with E-state index in [1.807, 2.05) is 0 Å². The Kier molecular flexibility index (Phi) is 6.81. The van der Waals surface area contributed by atoms with Crippen LogP contribution in [0.2, 0.25) is 0 Å². The SMILES string of the molecule is COC(=O)c1c(C)cc(C(=O)N[C@]2(c3ccc(OC(F)(F)F)c(F)c3)CCOc3cccnc32)cc1C. The fourth-order valence-electron chi connectivity index (χ4n) is 4.49. The molecule has 37 heavy (non-hydrogen) atoms. The molecule has 194 valence electrons. The zero-order valence-electron chi connectivity index (χ0n) is 20.0. The van der Waals surface area contributed by atoms with E-state index in [9.17, 15) is 27.2 Å². The lowest BCUT2D eigenvalue weighted by molar-refractivity contribution is -0.275. The number of benzene rings is 2. The molecule has 0 aliphatic carbocycles. The van der Waals surface area contributed by atoms with Crippen LogP contribution in [0.4, 0.5) is 17.6 Å². The summed E-state index contributed by atoms with van der Waals surface area (Å²) in [6.45, 7) is 3.43. The first-order chi connectivity index (χ1) is 17.4. The smallest absolute Gasteiger partial charge is 0.491 e. The van der Waals surface area contributed by atoms with Crippen molar-refractivity contribution in [2.24, 2.45) is 0 Å². The number of methoxy groups -OCH3 is 1. The number of aromatic nitrogens is 1. The number of fused-ring (bicyclic) bond motifs is 1. The summed E-state index contributed by atoms with van der Waals surface area (Å²) in [4.78, 5) is 30.0. The van der Waals surface area contributed by atoms with Gasteiger partial charge in [0, 0.05) is 18.2 Å². The first-order valence-electron chi connectivity index (χ1n) is 11.1. The first-order valence-corrected chi connectivity index (χ1v) is 11.1. The van der Waals surface area contributed by atoms with Crippen molar-refractivity contribution >= 4 is 11.9 Å². The van der Waals surface area contributed by atoms with Gasteiger partial charge in [0.15, 0.2) is 11.6 Å². The Bertz CT molecular complexity index is 1350. The highest BCUT2D eigenvalue weighted by Gasteiger charge is 2.43. The van der Waals surface area contributed by atoms with Crippen molar-refractivity contribution in [1.82, 2.24) is 10.3 Å². The zero-order valence-corrected chi connectivity index (χ0v) is 20.0. The van der Waals surface area contributed by atoms with E-state index in [1.165, 1.54) is 31.5 Å². The Labute approximate surface area is 209 Å². The Hall–Kier alpha value is -4.15. The van der Waals surface area contributed by atoms with E-state index in [0.717, 1.165) is 12.1 Å². The molecule has 1 atom stereocenters. The maximum atomic E-state index is 14.8. The number of ether oxygens (including phenoxy) is 3. The molecule has 1 aromatic heterocycles. The van der Waals surface area contributed by atoms with Crippen LogP contribution >= 0.6 is 0 Å². The van der Waals surface area contributed by atoms with Gasteiger partial charge in [0.2, 0.25) is 0 Å². The minimum atomic E-state index is -5.08. The normalized spacial score (nSPS) is 16.8. The van der Waals surface area contributed by atoms with E-state index in [1.54, 1.807) is 26.0 Å². The monoisotopic (exact) mass is 518 g/mol. The summed E-state index contributed by atoms with van der Waals surface area (Å²) in [5.41, 5.74) is 0.533. The number of esters is 1. The van der Waals surface area contributed by atoms with Crippen LogP contribution in [0, 0.1) is 19.7 Å². The summed E-state index contributed by atoms with van der Waals surface area (Å²) < 4.78 is 67.0. The van der Waals surface area contributed by atoms with Gasteiger partial charge in [-0.05, 0) is 66.9 Å². The summed E-state index contributed by atoms with van der Waals surface area (Å²) in [5, 5.41) is 2.91. The molecule has 0 saturated carbocycles. The average molecular weight is 518 g/mol. The van der Waals surface area contributed by atoms with Gasteiger partial charge in [0.05, 0.1) is 19.3 Å². The van der Waals surface area contributed by atoms with Crippen LogP contribution < -0.4 is 14.8 Å². The second kappa shape index (κ2) is 9.72. The van der Waals surface area contributed by atoms with E-state index < -0.39 is 35.3 Å². The van der Waals surface area contributed by atoms with Crippen molar-refractivity contribution in [3.63, 3.8) is 0 Å². The number of rotatable bonds is 5. The second-order valence-corrected chi connectivity index (χ2v) is 8.48. The van der Waals surface area contributed by atoms with Crippen LogP contribution in [-0.2, 0) is 10.3 Å². The number of carbonyl (C=O) groups is 2. The molecular weight excluding hydrogens is 496 g/mol. The molecule has 0 fully saturated rings. The summed E-state index contributed by atoms with van der Waals surface area (Å²) in [5.74, 6) is -3.05. The molecule has 2 heterocycles. The Morgan fingerprint density at radius 1 is 1.11 bits per heavy atom. The van der Waals surface area contributed by atoms with Crippen LogP contribution in [-0.4, -0.2) is 36.9 Å². The number of hydrogen-bond donors (Lipinski definition) is 1. The van der Waals surface area contributed by atoms with Crippen molar-refractivity contribution < 1.29 is 41.4 Å². The highest BCUT2D eigenvalue weighted by Crippen LogP contribution is 2.42. The topological polar surface area (TPSA) is 86.8 Å². The van der Waals surface area contributed by atoms with E-state index in [0.29, 0.717) is 22.4 Å². The maximum absolute atomic E-state index is 14.8. The quantitative estimate of drug-likeness (QED) is 0.379. The minimum absolute atomic E-state index is 0.111. The van der Waals surface area contributed by atoms with E-state index in [4.69, 9.17) is 9.47 Å². The summed E-state index contributed by atoms with van der Waals surface area (Å²) in [7, 11) is 1.26. The largest absolute Gasteiger partial charge is 0.573 e. The van der Waals surface area contributed by atoms with Gasteiger partial charge in [-0.25, -0.2) is 9.18 Å². The highest BCUT2D eigenvalue weighted by atomic mass is 19.4. The lowest BCUT2D eigenvalue weighted by Gasteiger charge is -2.39. The number of carbonyl (C=O) groups excluding carboxylic acids is 2. The molecule has 0 saturated heterocycles. The number of pyridine rings is 1. The Morgan fingerprint density at radius 3 is 2.43 bits per heavy atom. The predicted octanol–water partition coefficient (Wildman–Crippen LogP) is 4.98. The van der Waals surface area contributed by atoms with Gasteiger partial charge in [0.25, 0.3) is 5.91 Å². The minimum Gasteiger partial charge on any atom is -0.491 e. The summed E-state index contributed by atoms with van der Waals surface area (Å²) in [6.07, 6.45) is -3.50. The van der Waals surface area contributed by atoms with Crippen molar-refractivity contribution in [2.75, 3.05) is 13.7 Å². The molecule has 1 N–H and O–H groups in total. The van der Waals surface area contributed by atoms with Crippen LogP contribution in [0.1, 0.15) is 49.5 Å². The van der Waals surface area contributed by atoms with E-state index in [2.05, 4.69) is 15.0 Å². The lowest BCUT2D eigenvalue weighted by Crippen LogP contribution is -2.50. The number of hydrogen-bond acceptors (Lipinski definition) is 6. The van der Waals surface area contributed by atoms with E-state index >= 15 is 0 Å². The molecule has 7 nitrogen and oxygen atoms in total.